The third-order valence-electron chi connectivity index (χ3n) is 2.64. The highest BCUT2D eigenvalue weighted by Gasteiger charge is 2.11. The van der Waals surface area contributed by atoms with Gasteiger partial charge < -0.3 is 5.32 Å². The predicted octanol–water partition coefficient (Wildman–Crippen LogP) is 4.60. The third-order valence-corrected chi connectivity index (χ3v) is 4.17. The number of nitrogens with one attached hydrogen (secondary N) is 1. The van der Waals surface area contributed by atoms with Crippen LogP contribution in [0.3, 0.4) is 0 Å². The average Bonchev–Trinajstić information content (AvgIpc) is 2.45. The second kappa shape index (κ2) is 7.56. The van der Waals surface area contributed by atoms with Crippen LogP contribution in [0, 0.1) is 11.6 Å². The van der Waals surface area contributed by atoms with Crippen molar-refractivity contribution in [2.24, 2.45) is 0 Å². The fraction of sp³-hybridized carbons (Fsp3) is 0.133. The molecule has 2 nitrogen and oxygen atoms in total. The number of para-hydroxylation sites is 1. The summed E-state index contributed by atoms with van der Waals surface area (Å²) in [6, 6.07) is 11.2. The predicted molar refractivity (Wildman–Crippen MR) is 85.3 cm³/mol. The summed E-state index contributed by atoms with van der Waals surface area (Å²) < 4.78 is 27.7. The van der Waals surface area contributed by atoms with E-state index in [2.05, 4.69) is 21.2 Å². The Balaban J connectivity index is 1.84. The number of halogens is 3. The Kier molecular flexibility index (Phi) is 5.76. The molecule has 0 spiro atoms. The number of amides is 1. The molecular formula is C15H12BrF2NOS. The molecule has 0 aliphatic rings. The molecule has 0 unspecified atom stereocenters. The molecule has 0 radical (unpaired) electrons. The van der Waals surface area contributed by atoms with Gasteiger partial charge in [-0.25, -0.2) is 8.78 Å². The smallest absolute Gasteiger partial charge is 0.234 e. The van der Waals surface area contributed by atoms with Crippen molar-refractivity contribution in [3.05, 3.63) is 64.1 Å². The quantitative estimate of drug-likeness (QED) is 0.831. The Morgan fingerprint density at radius 3 is 2.33 bits per heavy atom. The monoisotopic (exact) mass is 371 g/mol. The lowest BCUT2D eigenvalue weighted by atomic mass is 10.2. The Hall–Kier alpha value is -1.40. The maximum atomic E-state index is 13.4. The van der Waals surface area contributed by atoms with Crippen LogP contribution in [0.15, 0.2) is 46.9 Å². The summed E-state index contributed by atoms with van der Waals surface area (Å²) in [7, 11) is 0. The van der Waals surface area contributed by atoms with Crippen molar-refractivity contribution in [1.82, 2.24) is 0 Å². The highest BCUT2D eigenvalue weighted by atomic mass is 79.9. The van der Waals surface area contributed by atoms with Crippen LogP contribution >= 0.6 is 27.7 Å². The van der Waals surface area contributed by atoms with E-state index in [9.17, 15) is 13.6 Å². The summed E-state index contributed by atoms with van der Waals surface area (Å²) in [6.07, 6.45) is 0. The van der Waals surface area contributed by atoms with Crippen molar-refractivity contribution in [1.29, 1.82) is 0 Å². The summed E-state index contributed by atoms with van der Waals surface area (Å²) in [6.45, 7) is 0. The largest absolute Gasteiger partial charge is 0.320 e. The molecule has 0 aliphatic heterocycles. The Labute approximate surface area is 134 Å². The van der Waals surface area contributed by atoms with E-state index >= 15 is 0 Å². The summed E-state index contributed by atoms with van der Waals surface area (Å²) in [5, 5.41) is 2.26. The molecule has 110 valence electrons. The number of carbonyl (C=O) groups excluding carboxylic acids is 1. The molecule has 2 aromatic carbocycles. The van der Waals surface area contributed by atoms with E-state index in [0.29, 0.717) is 5.75 Å². The Morgan fingerprint density at radius 1 is 1.10 bits per heavy atom. The molecular weight excluding hydrogens is 360 g/mol. The van der Waals surface area contributed by atoms with Crippen LogP contribution in [0.2, 0.25) is 0 Å². The van der Waals surface area contributed by atoms with E-state index in [-0.39, 0.29) is 5.75 Å². The Morgan fingerprint density at radius 2 is 1.71 bits per heavy atom. The molecule has 0 heterocycles. The van der Waals surface area contributed by atoms with E-state index < -0.39 is 23.2 Å². The van der Waals surface area contributed by atoms with Crippen LogP contribution < -0.4 is 5.32 Å². The van der Waals surface area contributed by atoms with Crippen molar-refractivity contribution in [2.45, 2.75) is 5.75 Å². The normalized spacial score (nSPS) is 10.4. The van der Waals surface area contributed by atoms with E-state index in [4.69, 9.17) is 0 Å². The summed E-state index contributed by atoms with van der Waals surface area (Å²) in [5.41, 5.74) is 0.680. The molecule has 0 atom stereocenters. The minimum Gasteiger partial charge on any atom is -0.320 e. The molecule has 0 aromatic heterocycles. The van der Waals surface area contributed by atoms with Gasteiger partial charge in [-0.05, 0) is 29.8 Å². The molecule has 0 saturated carbocycles. The highest BCUT2D eigenvalue weighted by Crippen LogP contribution is 2.19. The van der Waals surface area contributed by atoms with E-state index in [0.717, 1.165) is 22.2 Å². The van der Waals surface area contributed by atoms with Crippen LogP contribution in [-0.2, 0) is 10.5 Å². The second-order valence-electron chi connectivity index (χ2n) is 4.26. The van der Waals surface area contributed by atoms with Gasteiger partial charge >= 0.3 is 0 Å². The first-order valence-electron chi connectivity index (χ1n) is 6.12. The third kappa shape index (κ3) is 4.82. The first-order valence-corrected chi connectivity index (χ1v) is 8.07. The minimum atomic E-state index is -0.777. The molecule has 0 fully saturated rings. The highest BCUT2D eigenvalue weighted by molar-refractivity contribution is 9.10. The van der Waals surface area contributed by atoms with Gasteiger partial charge in [0.2, 0.25) is 5.91 Å². The molecule has 1 N–H and O–H groups in total. The number of thioether (sulfide) groups is 1. The van der Waals surface area contributed by atoms with Crippen LogP contribution in [0.1, 0.15) is 5.56 Å². The van der Waals surface area contributed by atoms with Gasteiger partial charge in [0, 0.05) is 10.2 Å². The fourth-order valence-electron chi connectivity index (χ4n) is 1.63. The average molecular weight is 372 g/mol. The zero-order valence-electron chi connectivity index (χ0n) is 10.9. The summed E-state index contributed by atoms with van der Waals surface area (Å²) >= 11 is 4.72. The summed E-state index contributed by atoms with van der Waals surface area (Å²) in [4.78, 5) is 11.7. The number of carbonyl (C=O) groups is 1. The SMILES string of the molecule is O=C(CSCc1ccc(Br)cc1)Nc1c(F)cccc1F. The van der Waals surface area contributed by atoms with Crippen molar-refractivity contribution >= 4 is 39.3 Å². The van der Waals surface area contributed by atoms with Crippen LogP contribution in [0.25, 0.3) is 0 Å². The fourth-order valence-corrected chi connectivity index (χ4v) is 2.69. The van der Waals surface area contributed by atoms with E-state index in [1.165, 1.54) is 17.8 Å². The van der Waals surface area contributed by atoms with Gasteiger partial charge in [0.05, 0.1) is 5.75 Å². The molecule has 0 saturated heterocycles. The number of hydrogen-bond acceptors (Lipinski definition) is 2. The standard InChI is InChI=1S/C15H12BrF2NOS/c16-11-6-4-10(5-7-11)8-21-9-14(20)19-15-12(17)2-1-3-13(15)18/h1-7H,8-9H2,(H,19,20). The zero-order chi connectivity index (χ0) is 15.2. The zero-order valence-corrected chi connectivity index (χ0v) is 13.3. The van der Waals surface area contributed by atoms with E-state index in [1.54, 1.807) is 0 Å². The molecule has 2 rings (SSSR count). The van der Waals surface area contributed by atoms with E-state index in [1.807, 2.05) is 24.3 Å². The van der Waals surface area contributed by atoms with Gasteiger partial charge in [-0.15, -0.1) is 11.8 Å². The first-order chi connectivity index (χ1) is 10.1. The lowest BCUT2D eigenvalue weighted by Crippen LogP contribution is -2.16. The van der Waals surface area contributed by atoms with Crippen molar-refractivity contribution < 1.29 is 13.6 Å². The lowest BCUT2D eigenvalue weighted by molar-refractivity contribution is -0.113. The van der Waals surface area contributed by atoms with Crippen molar-refractivity contribution in [2.75, 3.05) is 11.1 Å². The van der Waals surface area contributed by atoms with Gasteiger partial charge in [0.25, 0.3) is 0 Å². The van der Waals surface area contributed by atoms with Gasteiger partial charge in [0.15, 0.2) is 0 Å². The van der Waals surface area contributed by atoms with Crippen LogP contribution in [0.5, 0.6) is 0 Å². The number of rotatable bonds is 5. The van der Waals surface area contributed by atoms with Gasteiger partial charge in [-0.1, -0.05) is 34.1 Å². The van der Waals surface area contributed by atoms with Gasteiger partial charge in [0.1, 0.15) is 17.3 Å². The van der Waals surface area contributed by atoms with Crippen LogP contribution in [0.4, 0.5) is 14.5 Å². The Bertz CT molecular complexity index is 614. The van der Waals surface area contributed by atoms with Crippen LogP contribution in [-0.4, -0.2) is 11.7 Å². The molecule has 6 heteroatoms. The number of anilines is 1. The maximum Gasteiger partial charge on any atom is 0.234 e. The van der Waals surface area contributed by atoms with Gasteiger partial charge in [-0.3, -0.25) is 4.79 Å². The number of benzene rings is 2. The van der Waals surface area contributed by atoms with Crippen molar-refractivity contribution in [3.63, 3.8) is 0 Å². The van der Waals surface area contributed by atoms with Gasteiger partial charge in [-0.2, -0.15) is 0 Å². The molecule has 21 heavy (non-hydrogen) atoms. The molecule has 2 aromatic rings. The minimum absolute atomic E-state index is 0.129. The van der Waals surface area contributed by atoms with Crippen molar-refractivity contribution in [3.8, 4) is 0 Å². The first kappa shape index (κ1) is 16.0. The molecule has 1 amide bonds. The maximum absolute atomic E-state index is 13.4. The topological polar surface area (TPSA) is 29.1 Å². The second-order valence-corrected chi connectivity index (χ2v) is 6.17. The lowest BCUT2D eigenvalue weighted by Gasteiger charge is -2.07. The molecule has 0 aliphatic carbocycles. The number of hydrogen-bond donors (Lipinski definition) is 1. The summed E-state index contributed by atoms with van der Waals surface area (Å²) in [5.74, 6) is -1.20. The molecule has 0 bridgehead atoms.